The number of hydrogen-bond donors (Lipinski definition) is 1. The number of amides is 1. The van der Waals surface area contributed by atoms with Gasteiger partial charge in [0.15, 0.2) is 5.69 Å². The van der Waals surface area contributed by atoms with Crippen LogP contribution in [0.5, 0.6) is 0 Å². The van der Waals surface area contributed by atoms with Gasteiger partial charge in [0, 0.05) is 17.9 Å². The Morgan fingerprint density at radius 3 is 3.00 bits per heavy atom. The summed E-state index contributed by atoms with van der Waals surface area (Å²) in [6, 6.07) is 1.57. The highest BCUT2D eigenvalue weighted by molar-refractivity contribution is 9.09. The first-order valence-electron chi connectivity index (χ1n) is 5.00. The Morgan fingerprint density at radius 1 is 1.67 bits per heavy atom. The van der Waals surface area contributed by atoms with Gasteiger partial charge in [-0.25, -0.2) is 0 Å². The lowest BCUT2D eigenvalue weighted by molar-refractivity contribution is 0.0935. The normalized spacial score (nSPS) is 17.4. The van der Waals surface area contributed by atoms with Crippen LogP contribution in [0.1, 0.15) is 29.8 Å². The van der Waals surface area contributed by atoms with E-state index in [4.69, 9.17) is 0 Å². The number of carbonyl (C=O) groups excluding carboxylic acids is 1. The summed E-state index contributed by atoms with van der Waals surface area (Å²) in [4.78, 5) is 11.5. The third-order valence-corrected chi connectivity index (χ3v) is 3.27. The molecule has 4 nitrogen and oxygen atoms in total. The Labute approximate surface area is 96.5 Å². The van der Waals surface area contributed by atoms with Gasteiger partial charge in [-0.1, -0.05) is 21.1 Å². The quantitative estimate of drug-likeness (QED) is 0.834. The number of hydrogen-bond acceptors (Lipinski definition) is 3. The molecule has 0 bridgehead atoms. The van der Waals surface area contributed by atoms with Gasteiger partial charge in [0.25, 0.3) is 5.91 Å². The minimum absolute atomic E-state index is 0.149. The van der Waals surface area contributed by atoms with Crippen LogP contribution in [-0.2, 0) is 0 Å². The standard InChI is InChI=1S/C10H13BrN2O2/c11-5-4-10(2-3-10)7-12-9(14)8-1-6-15-13-8/h1,6H,2-5,7H2,(H,12,14). The summed E-state index contributed by atoms with van der Waals surface area (Å²) in [7, 11) is 0. The van der Waals surface area contributed by atoms with Crippen molar-refractivity contribution in [1.29, 1.82) is 0 Å². The topological polar surface area (TPSA) is 55.1 Å². The molecule has 1 aliphatic rings. The van der Waals surface area contributed by atoms with Crippen molar-refractivity contribution < 1.29 is 9.32 Å². The Hall–Kier alpha value is -0.840. The zero-order chi connectivity index (χ0) is 10.7. The SMILES string of the molecule is O=C(NCC1(CCBr)CC1)c1ccon1. The molecule has 1 amide bonds. The van der Waals surface area contributed by atoms with Gasteiger partial charge in [-0.3, -0.25) is 4.79 Å². The third kappa shape index (κ3) is 2.59. The number of aromatic nitrogens is 1. The summed E-state index contributed by atoms with van der Waals surface area (Å²) >= 11 is 3.43. The molecule has 0 saturated heterocycles. The fraction of sp³-hybridized carbons (Fsp3) is 0.600. The number of rotatable bonds is 5. The minimum atomic E-state index is -0.149. The summed E-state index contributed by atoms with van der Waals surface area (Å²) in [5.74, 6) is -0.149. The van der Waals surface area contributed by atoms with Crippen LogP contribution < -0.4 is 5.32 Å². The summed E-state index contributed by atoms with van der Waals surface area (Å²) in [6.07, 6.45) is 4.93. The van der Waals surface area contributed by atoms with E-state index in [2.05, 4.69) is 30.9 Å². The maximum atomic E-state index is 11.5. The van der Waals surface area contributed by atoms with E-state index in [0.29, 0.717) is 11.1 Å². The molecule has 0 atom stereocenters. The van der Waals surface area contributed by atoms with E-state index in [1.807, 2.05) is 0 Å². The Bertz CT molecular complexity index is 333. The van der Waals surface area contributed by atoms with E-state index in [1.165, 1.54) is 19.1 Å². The van der Waals surface area contributed by atoms with Crippen molar-refractivity contribution in [2.75, 3.05) is 11.9 Å². The molecule has 0 radical (unpaired) electrons. The summed E-state index contributed by atoms with van der Waals surface area (Å²) < 4.78 is 4.61. The van der Waals surface area contributed by atoms with Gasteiger partial charge in [-0.15, -0.1) is 0 Å². The number of nitrogens with zero attached hydrogens (tertiary/aromatic N) is 1. The van der Waals surface area contributed by atoms with E-state index in [1.54, 1.807) is 6.07 Å². The molecule has 0 spiro atoms. The fourth-order valence-electron chi connectivity index (χ4n) is 1.58. The third-order valence-electron chi connectivity index (χ3n) is 2.88. The lowest BCUT2D eigenvalue weighted by Crippen LogP contribution is -2.30. The molecule has 0 aromatic carbocycles. The van der Waals surface area contributed by atoms with Crippen molar-refractivity contribution in [3.63, 3.8) is 0 Å². The Kier molecular flexibility index (Phi) is 3.09. The minimum Gasteiger partial charge on any atom is -0.364 e. The molecule has 0 unspecified atom stereocenters. The molecular formula is C10H13BrN2O2. The molecule has 1 N–H and O–H groups in total. The number of nitrogens with one attached hydrogen (secondary N) is 1. The molecule has 1 aliphatic carbocycles. The second kappa shape index (κ2) is 4.35. The molecule has 1 heterocycles. The Morgan fingerprint density at radius 2 is 2.47 bits per heavy atom. The highest BCUT2D eigenvalue weighted by Crippen LogP contribution is 2.48. The first-order valence-corrected chi connectivity index (χ1v) is 6.12. The van der Waals surface area contributed by atoms with E-state index < -0.39 is 0 Å². The van der Waals surface area contributed by atoms with Gasteiger partial charge in [0.1, 0.15) is 6.26 Å². The number of halogens is 1. The highest BCUT2D eigenvalue weighted by Gasteiger charge is 2.41. The predicted octanol–water partition coefficient (Wildman–Crippen LogP) is 1.97. The first kappa shape index (κ1) is 10.7. The molecule has 1 aromatic heterocycles. The monoisotopic (exact) mass is 272 g/mol. The van der Waals surface area contributed by atoms with E-state index in [0.717, 1.165) is 18.3 Å². The zero-order valence-electron chi connectivity index (χ0n) is 8.33. The smallest absolute Gasteiger partial charge is 0.273 e. The average molecular weight is 273 g/mol. The molecule has 1 fully saturated rings. The predicted molar refractivity (Wildman–Crippen MR) is 58.9 cm³/mol. The zero-order valence-corrected chi connectivity index (χ0v) is 9.92. The van der Waals surface area contributed by atoms with Crippen LogP contribution in [0.4, 0.5) is 0 Å². The van der Waals surface area contributed by atoms with Gasteiger partial charge in [-0.2, -0.15) is 0 Å². The fourth-order valence-corrected chi connectivity index (χ4v) is 2.42. The van der Waals surface area contributed by atoms with Crippen LogP contribution in [0, 0.1) is 5.41 Å². The molecule has 82 valence electrons. The second-order valence-corrected chi connectivity index (χ2v) is 4.80. The van der Waals surface area contributed by atoms with Gasteiger partial charge in [-0.05, 0) is 24.7 Å². The first-order chi connectivity index (χ1) is 7.26. The van der Waals surface area contributed by atoms with Gasteiger partial charge in [0.2, 0.25) is 0 Å². The van der Waals surface area contributed by atoms with Crippen LogP contribution in [0.25, 0.3) is 0 Å². The average Bonchev–Trinajstić information content (AvgIpc) is 2.81. The molecular weight excluding hydrogens is 260 g/mol. The van der Waals surface area contributed by atoms with E-state index in [9.17, 15) is 4.79 Å². The lowest BCUT2D eigenvalue weighted by Gasteiger charge is -2.13. The van der Waals surface area contributed by atoms with Crippen LogP contribution in [0.15, 0.2) is 16.9 Å². The number of carbonyl (C=O) groups is 1. The van der Waals surface area contributed by atoms with Crippen molar-refractivity contribution >= 4 is 21.8 Å². The van der Waals surface area contributed by atoms with Gasteiger partial charge in [0.05, 0.1) is 0 Å². The lowest BCUT2D eigenvalue weighted by atomic mass is 10.0. The maximum Gasteiger partial charge on any atom is 0.273 e. The molecule has 15 heavy (non-hydrogen) atoms. The van der Waals surface area contributed by atoms with Crippen LogP contribution in [0.2, 0.25) is 0 Å². The van der Waals surface area contributed by atoms with E-state index >= 15 is 0 Å². The summed E-state index contributed by atoms with van der Waals surface area (Å²) in [5, 5.41) is 7.47. The Balaban J connectivity index is 1.81. The van der Waals surface area contributed by atoms with E-state index in [-0.39, 0.29) is 5.91 Å². The number of alkyl halides is 1. The molecule has 0 aliphatic heterocycles. The maximum absolute atomic E-state index is 11.5. The second-order valence-electron chi connectivity index (χ2n) is 4.01. The molecule has 1 saturated carbocycles. The largest absolute Gasteiger partial charge is 0.364 e. The van der Waals surface area contributed by atoms with Crippen molar-refractivity contribution in [1.82, 2.24) is 10.5 Å². The van der Waals surface area contributed by atoms with Crippen LogP contribution >= 0.6 is 15.9 Å². The summed E-state index contributed by atoms with van der Waals surface area (Å²) in [6.45, 7) is 0.740. The molecule has 2 rings (SSSR count). The van der Waals surface area contributed by atoms with Crippen molar-refractivity contribution in [3.05, 3.63) is 18.0 Å². The molecule has 1 aromatic rings. The van der Waals surface area contributed by atoms with Gasteiger partial charge >= 0.3 is 0 Å². The highest BCUT2D eigenvalue weighted by atomic mass is 79.9. The van der Waals surface area contributed by atoms with Crippen LogP contribution in [-0.4, -0.2) is 22.9 Å². The van der Waals surface area contributed by atoms with Crippen LogP contribution in [0.3, 0.4) is 0 Å². The van der Waals surface area contributed by atoms with Crippen molar-refractivity contribution in [2.24, 2.45) is 5.41 Å². The molecule has 5 heteroatoms. The van der Waals surface area contributed by atoms with Crippen molar-refractivity contribution in [2.45, 2.75) is 19.3 Å². The summed E-state index contributed by atoms with van der Waals surface area (Å²) in [5.41, 5.74) is 0.688. The van der Waals surface area contributed by atoms with Crippen molar-refractivity contribution in [3.8, 4) is 0 Å². The van der Waals surface area contributed by atoms with Gasteiger partial charge < -0.3 is 9.84 Å².